The predicted molar refractivity (Wildman–Crippen MR) is 72.5 cm³/mol. The van der Waals surface area contributed by atoms with Crippen molar-refractivity contribution in [2.45, 2.75) is 6.92 Å². The van der Waals surface area contributed by atoms with E-state index in [1.54, 1.807) is 6.20 Å². The van der Waals surface area contributed by atoms with Crippen molar-refractivity contribution in [1.29, 1.82) is 0 Å². The minimum absolute atomic E-state index is 0.145. The van der Waals surface area contributed by atoms with Gasteiger partial charge in [-0.2, -0.15) is 0 Å². The molecule has 0 aliphatic rings. The first-order chi connectivity index (χ1) is 8.66. The zero-order valence-electron chi connectivity index (χ0n) is 10.2. The SMILES string of the molecule is C=C(NC(C)=O)c1ccc(-c2ccccc2)cn1. The molecule has 0 saturated carbocycles. The second-order valence-corrected chi connectivity index (χ2v) is 3.96. The van der Waals surface area contributed by atoms with E-state index in [0.29, 0.717) is 11.4 Å². The van der Waals surface area contributed by atoms with Gasteiger partial charge in [-0.15, -0.1) is 0 Å². The predicted octanol–water partition coefficient (Wildman–Crippen LogP) is 2.86. The van der Waals surface area contributed by atoms with E-state index >= 15 is 0 Å². The van der Waals surface area contributed by atoms with Crippen LogP contribution in [0.4, 0.5) is 0 Å². The van der Waals surface area contributed by atoms with Crippen molar-refractivity contribution in [1.82, 2.24) is 10.3 Å². The van der Waals surface area contributed by atoms with Crippen LogP contribution in [-0.2, 0) is 4.79 Å². The van der Waals surface area contributed by atoms with Crippen LogP contribution in [0.1, 0.15) is 12.6 Å². The summed E-state index contributed by atoms with van der Waals surface area (Å²) in [4.78, 5) is 15.2. The quantitative estimate of drug-likeness (QED) is 0.893. The standard InChI is InChI=1S/C15H14N2O/c1-11(17-12(2)18)15-9-8-14(10-16-15)13-6-4-3-5-7-13/h3-10H,1H2,2H3,(H,17,18). The molecular formula is C15H14N2O. The fourth-order valence-corrected chi connectivity index (χ4v) is 1.65. The van der Waals surface area contributed by atoms with Crippen LogP contribution < -0.4 is 5.32 Å². The van der Waals surface area contributed by atoms with E-state index < -0.39 is 0 Å². The smallest absolute Gasteiger partial charge is 0.221 e. The minimum atomic E-state index is -0.145. The Morgan fingerprint density at radius 1 is 1.11 bits per heavy atom. The summed E-state index contributed by atoms with van der Waals surface area (Å²) in [5, 5.41) is 2.62. The van der Waals surface area contributed by atoms with Crippen LogP contribution in [0.5, 0.6) is 0 Å². The van der Waals surface area contributed by atoms with Gasteiger partial charge in [0.1, 0.15) is 0 Å². The highest BCUT2D eigenvalue weighted by Gasteiger charge is 2.03. The number of amides is 1. The van der Waals surface area contributed by atoms with Crippen molar-refractivity contribution in [3.8, 4) is 11.1 Å². The first kappa shape index (κ1) is 12.0. The molecule has 0 atom stereocenters. The Balaban J connectivity index is 2.20. The van der Waals surface area contributed by atoms with Gasteiger partial charge in [0.15, 0.2) is 0 Å². The van der Waals surface area contributed by atoms with Crippen LogP contribution in [0.2, 0.25) is 0 Å². The van der Waals surface area contributed by atoms with Crippen molar-refractivity contribution in [3.63, 3.8) is 0 Å². The maximum atomic E-state index is 10.9. The molecule has 0 saturated heterocycles. The highest BCUT2D eigenvalue weighted by Crippen LogP contribution is 2.18. The zero-order valence-corrected chi connectivity index (χ0v) is 10.2. The van der Waals surface area contributed by atoms with Crippen LogP contribution in [-0.4, -0.2) is 10.9 Å². The monoisotopic (exact) mass is 238 g/mol. The second-order valence-electron chi connectivity index (χ2n) is 3.96. The molecule has 2 rings (SSSR count). The maximum Gasteiger partial charge on any atom is 0.221 e. The van der Waals surface area contributed by atoms with Gasteiger partial charge in [0, 0.05) is 18.7 Å². The first-order valence-electron chi connectivity index (χ1n) is 5.65. The molecule has 1 N–H and O–H groups in total. The van der Waals surface area contributed by atoms with Gasteiger partial charge in [-0.05, 0) is 11.6 Å². The molecule has 1 aromatic carbocycles. The fraction of sp³-hybridized carbons (Fsp3) is 0.0667. The lowest BCUT2D eigenvalue weighted by Gasteiger charge is -2.06. The number of nitrogens with zero attached hydrogens (tertiary/aromatic N) is 1. The lowest BCUT2D eigenvalue weighted by atomic mass is 10.1. The highest BCUT2D eigenvalue weighted by atomic mass is 16.1. The molecule has 18 heavy (non-hydrogen) atoms. The number of hydrogen-bond donors (Lipinski definition) is 1. The average Bonchev–Trinajstić information content (AvgIpc) is 2.39. The van der Waals surface area contributed by atoms with Crippen molar-refractivity contribution in [3.05, 3.63) is 60.9 Å². The Labute approximate surface area is 106 Å². The van der Waals surface area contributed by atoms with E-state index in [1.165, 1.54) is 6.92 Å². The number of rotatable bonds is 3. The number of aromatic nitrogens is 1. The van der Waals surface area contributed by atoms with Crippen LogP contribution in [0.3, 0.4) is 0 Å². The molecule has 90 valence electrons. The molecule has 0 unspecified atom stereocenters. The molecule has 0 radical (unpaired) electrons. The minimum Gasteiger partial charge on any atom is -0.325 e. The molecule has 0 fully saturated rings. The van der Waals surface area contributed by atoms with E-state index in [-0.39, 0.29) is 5.91 Å². The van der Waals surface area contributed by atoms with E-state index in [1.807, 2.05) is 42.5 Å². The van der Waals surface area contributed by atoms with Gasteiger partial charge in [0.05, 0.1) is 11.4 Å². The van der Waals surface area contributed by atoms with E-state index in [0.717, 1.165) is 11.1 Å². The summed E-state index contributed by atoms with van der Waals surface area (Å²) in [6.45, 7) is 5.22. The van der Waals surface area contributed by atoms with Gasteiger partial charge in [-0.25, -0.2) is 0 Å². The number of hydrogen-bond acceptors (Lipinski definition) is 2. The summed E-state index contributed by atoms with van der Waals surface area (Å²) >= 11 is 0. The Kier molecular flexibility index (Phi) is 3.53. The molecule has 3 nitrogen and oxygen atoms in total. The average molecular weight is 238 g/mol. The molecular weight excluding hydrogens is 224 g/mol. The molecule has 1 amide bonds. The van der Waals surface area contributed by atoms with Crippen LogP contribution >= 0.6 is 0 Å². The lowest BCUT2D eigenvalue weighted by molar-refractivity contribution is -0.117. The maximum absolute atomic E-state index is 10.9. The Morgan fingerprint density at radius 2 is 1.83 bits per heavy atom. The topological polar surface area (TPSA) is 42.0 Å². The summed E-state index contributed by atoms with van der Waals surface area (Å²) < 4.78 is 0. The molecule has 0 aliphatic carbocycles. The normalized spacial score (nSPS) is 9.83. The van der Waals surface area contributed by atoms with Crippen molar-refractivity contribution >= 4 is 11.6 Å². The molecule has 0 bridgehead atoms. The number of pyridine rings is 1. The van der Waals surface area contributed by atoms with Gasteiger partial charge in [0.2, 0.25) is 5.91 Å². The molecule has 1 aromatic heterocycles. The van der Waals surface area contributed by atoms with Crippen molar-refractivity contribution < 1.29 is 4.79 Å². The van der Waals surface area contributed by atoms with E-state index in [2.05, 4.69) is 16.9 Å². The number of carbonyl (C=O) groups excluding carboxylic acids is 1. The Bertz CT molecular complexity index is 559. The molecule has 0 aliphatic heterocycles. The summed E-state index contributed by atoms with van der Waals surface area (Å²) in [5.41, 5.74) is 3.34. The van der Waals surface area contributed by atoms with Crippen LogP contribution in [0, 0.1) is 0 Å². The van der Waals surface area contributed by atoms with Gasteiger partial charge in [-0.3, -0.25) is 9.78 Å². The summed E-state index contributed by atoms with van der Waals surface area (Å²) in [6.07, 6.45) is 1.78. The molecule has 3 heteroatoms. The summed E-state index contributed by atoms with van der Waals surface area (Å²) in [7, 11) is 0. The summed E-state index contributed by atoms with van der Waals surface area (Å²) in [6, 6.07) is 13.8. The number of benzene rings is 1. The van der Waals surface area contributed by atoms with Crippen LogP contribution in [0.25, 0.3) is 16.8 Å². The molecule has 2 aromatic rings. The third-order valence-electron chi connectivity index (χ3n) is 2.51. The van der Waals surface area contributed by atoms with Gasteiger partial charge >= 0.3 is 0 Å². The molecule has 0 spiro atoms. The highest BCUT2D eigenvalue weighted by molar-refractivity contribution is 5.83. The zero-order chi connectivity index (χ0) is 13.0. The number of carbonyl (C=O) groups is 1. The van der Waals surface area contributed by atoms with Gasteiger partial charge < -0.3 is 5.32 Å². The van der Waals surface area contributed by atoms with E-state index in [4.69, 9.17) is 0 Å². The lowest BCUT2D eigenvalue weighted by Crippen LogP contribution is -2.17. The largest absolute Gasteiger partial charge is 0.325 e. The first-order valence-corrected chi connectivity index (χ1v) is 5.65. The summed E-state index contributed by atoms with van der Waals surface area (Å²) in [5.74, 6) is -0.145. The van der Waals surface area contributed by atoms with Crippen molar-refractivity contribution in [2.75, 3.05) is 0 Å². The fourth-order valence-electron chi connectivity index (χ4n) is 1.65. The Morgan fingerprint density at radius 3 is 2.39 bits per heavy atom. The van der Waals surface area contributed by atoms with E-state index in [9.17, 15) is 4.79 Å². The number of nitrogens with one attached hydrogen (secondary N) is 1. The third-order valence-corrected chi connectivity index (χ3v) is 2.51. The van der Waals surface area contributed by atoms with Gasteiger partial charge in [0.25, 0.3) is 0 Å². The Hall–Kier alpha value is -2.42. The third kappa shape index (κ3) is 2.83. The van der Waals surface area contributed by atoms with Crippen LogP contribution in [0.15, 0.2) is 55.2 Å². The molecule has 1 heterocycles. The van der Waals surface area contributed by atoms with Crippen molar-refractivity contribution in [2.24, 2.45) is 0 Å². The van der Waals surface area contributed by atoms with Gasteiger partial charge in [-0.1, -0.05) is 43.0 Å². The second kappa shape index (κ2) is 5.27.